The minimum Gasteiger partial charge on any atom is -0.374 e. The lowest BCUT2D eigenvalue weighted by atomic mass is 10.1. The van der Waals surface area contributed by atoms with Crippen LogP contribution in [0.25, 0.3) is 0 Å². The van der Waals surface area contributed by atoms with Gasteiger partial charge in [-0.15, -0.1) is 0 Å². The molecule has 1 N–H and O–H groups in total. The Morgan fingerprint density at radius 3 is 2.40 bits per heavy atom. The molecule has 2 nitrogen and oxygen atoms in total. The molecule has 0 aliphatic rings. The predicted molar refractivity (Wildman–Crippen MR) is 77.3 cm³/mol. The highest BCUT2D eigenvalue weighted by Gasteiger charge is 2.14. The molecule has 0 radical (unpaired) electrons. The maximum atomic E-state index is 13.8. The Hall–Kier alpha value is -1.93. The molecule has 0 bridgehead atoms. The zero-order chi connectivity index (χ0) is 14.7. The lowest BCUT2D eigenvalue weighted by Gasteiger charge is -2.17. The Balaban J connectivity index is 2.29. The highest BCUT2D eigenvalue weighted by atomic mass is 79.9. The van der Waals surface area contributed by atoms with Crippen molar-refractivity contribution in [2.75, 3.05) is 5.32 Å². The lowest BCUT2D eigenvalue weighted by molar-refractivity contribution is 0.584. The average molecular weight is 337 g/mol. The van der Waals surface area contributed by atoms with Gasteiger partial charge < -0.3 is 5.32 Å². The number of rotatable bonds is 3. The Morgan fingerprint density at radius 2 is 1.85 bits per heavy atom. The van der Waals surface area contributed by atoms with Gasteiger partial charge in [0, 0.05) is 10.5 Å². The summed E-state index contributed by atoms with van der Waals surface area (Å²) < 4.78 is 28.5. The van der Waals surface area contributed by atoms with Gasteiger partial charge in [0.2, 0.25) is 0 Å². The molecule has 1 atom stereocenters. The summed E-state index contributed by atoms with van der Waals surface area (Å²) in [4.78, 5) is 0. The van der Waals surface area contributed by atoms with E-state index in [2.05, 4.69) is 21.2 Å². The van der Waals surface area contributed by atoms with Crippen LogP contribution in [0.5, 0.6) is 0 Å². The number of benzene rings is 2. The molecule has 0 saturated carbocycles. The fourth-order valence-electron chi connectivity index (χ4n) is 1.85. The average Bonchev–Trinajstić information content (AvgIpc) is 2.42. The van der Waals surface area contributed by atoms with Gasteiger partial charge in [0.15, 0.2) is 11.6 Å². The minimum absolute atomic E-state index is 0.0411. The number of halogens is 3. The first-order valence-electron chi connectivity index (χ1n) is 5.92. The highest BCUT2D eigenvalue weighted by molar-refractivity contribution is 9.10. The van der Waals surface area contributed by atoms with E-state index in [1.165, 1.54) is 0 Å². The van der Waals surface area contributed by atoms with E-state index < -0.39 is 11.6 Å². The Morgan fingerprint density at radius 1 is 1.20 bits per heavy atom. The molecule has 0 saturated heterocycles. The van der Waals surface area contributed by atoms with Crippen molar-refractivity contribution in [2.24, 2.45) is 0 Å². The van der Waals surface area contributed by atoms with Gasteiger partial charge in [-0.3, -0.25) is 0 Å². The van der Waals surface area contributed by atoms with Crippen molar-refractivity contribution in [2.45, 2.75) is 13.0 Å². The normalized spacial score (nSPS) is 11.8. The largest absolute Gasteiger partial charge is 0.374 e. The molecule has 0 aliphatic carbocycles. The van der Waals surface area contributed by atoms with E-state index in [0.717, 1.165) is 22.2 Å². The van der Waals surface area contributed by atoms with E-state index in [1.807, 2.05) is 24.3 Å². The first kappa shape index (κ1) is 14.5. The van der Waals surface area contributed by atoms with Crippen LogP contribution in [0.2, 0.25) is 0 Å². The van der Waals surface area contributed by atoms with Gasteiger partial charge in [0.1, 0.15) is 5.69 Å². The fraction of sp³-hybridized carbons (Fsp3) is 0.133. The third-order valence-corrected chi connectivity index (χ3v) is 3.37. The maximum Gasteiger partial charge on any atom is 0.150 e. The molecule has 0 amide bonds. The third kappa shape index (κ3) is 3.14. The van der Waals surface area contributed by atoms with Crippen molar-refractivity contribution in [1.29, 1.82) is 5.26 Å². The second-order valence-electron chi connectivity index (χ2n) is 4.35. The van der Waals surface area contributed by atoms with E-state index in [9.17, 15) is 8.78 Å². The van der Waals surface area contributed by atoms with E-state index in [0.29, 0.717) is 0 Å². The van der Waals surface area contributed by atoms with E-state index >= 15 is 0 Å². The summed E-state index contributed by atoms with van der Waals surface area (Å²) in [6.45, 7) is 1.80. The third-order valence-electron chi connectivity index (χ3n) is 2.88. The van der Waals surface area contributed by atoms with Crippen LogP contribution in [0.3, 0.4) is 0 Å². The van der Waals surface area contributed by atoms with Gasteiger partial charge in [0.05, 0.1) is 11.6 Å². The molecular weight excluding hydrogens is 326 g/mol. The van der Waals surface area contributed by atoms with Gasteiger partial charge in [-0.25, -0.2) is 8.78 Å². The summed E-state index contributed by atoms with van der Waals surface area (Å²) in [6, 6.07) is 10.9. The molecule has 2 rings (SSSR count). The SMILES string of the molecule is CC(Nc1c(F)cc(C#N)cc1F)c1cccc(Br)c1. The Labute approximate surface area is 124 Å². The van der Waals surface area contributed by atoms with Crippen LogP contribution in [0, 0.1) is 23.0 Å². The summed E-state index contributed by atoms with van der Waals surface area (Å²) in [7, 11) is 0. The van der Waals surface area contributed by atoms with Crippen molar-refractivity contribution in [1.82, 2.24) is 0 Å². The monoisotopic (exact) mass is 336 g/mol. The van der Waals surface area contributed by atoms with Crippen LogP contribution in [0.4, 0.5) is 14.5 Å². The summed E-state index contributed by atoms with van der Waals surface area (Å²) in [5.74, 6) is -1.55. The van der Waals surface area contributed by atoms with Gasteiger partial charge >= 0.3 is 0 Å². The van der Waals surface area contributed by atoms with Crippen molar-refractivity contribution in [3.8, 4) is 6.07 Å². The van der Waals surface area contributed by atoms with Crippen molar-refractivity contribution in [3.63, 3.8) is 0 Å². The van der Waals surface area contributed by atoms with Crippen molar-refractivity contribution in [3.05, 3.63) is 63.6 Å². The van der Waals surface area contributed by atoms with Crippen LogP contribution in [-0.4, -0.2) is 0 Å². The second kappa shape index (κ2) is 6.02. The smallest absolute Gasteiger partial charge is 0.150 e. The molecule has 2 aromatic carbocycles. The molecule has 0 aromatic heterocycles. The van der Waals surface area contributed by atoms with Crippen LogP contribution in [-0.2, 0) is 0 Å². The molecule has 102 valence electrons. The summed E-state index contributed by atoms with van der Waals surface area (Å²) in [5, 5.41) is 11.5. The summed E-state index contributed by atoms with van der Waals surface area (Å²) in [6.07, 6.45) is 0. The molecule has 0 fully saturated rings. The standard InChI is InChI=1S/C15H11BrF2N2/c1-9(11-3-2-4-12(16)7-11)20-15-13(17)5-10(8-19)6-14(15)18/h2-7,9,20H,1H3. The number of nitrogens with zero attached hydrogens (tertiary/aromatic N) is 1. The molecule has 20 heavy (non-hydrogen) atoms. The number of nitriles is 1. The molecule has 1 unspecified atom stereocenters. The Bertz CT molecular complexity index is 657. The molecule has 0 aliphatic heterocycles. The van der Waals surface area contributed by atoms with Crippen LogP contribution in [0.1, 0.15) is 24.1 Å². The molecule has 0 spiro atoms. The zero-order valence-electron chi connectivity index (χ0n) is 10.6. The minimum atomic E-state index is -0.775. The van der Waals surface area contributed by atoms with Crippen molar-refractivity contribution < 1.29 is 8.78 Å². The first-order valence-corrected chi connectivity index (χ1v) is 6.71. The van der Waals surface area contributed by atoms with E-state index in [1.54, 1.807) is 13.0 Å². The van der Waals surface area contributed by atoms with Gasteiger partial charge in [-0.2, -0.15) is 5.26 Å². The first-order chi connectivity index (χ1) is 9.51. The summed E-state index contributed by atoms with van der Waals surface area (Å²) in [5.41, 5.74) is 0.625. The highest BCUT2D eigenvalue weighted by Crippen LogP contribution is 2.26. The van der Waals surface area contributed by atoms with Crippen LogP contribution in [0.15, 0.2) is 40.9 Å². The molecule has 0 heterocycles. The fourth-order valence-corrected chi connectivity index (χ4v) is 2.27. The summed E-state index contributed by atoms with van der Waals surface area (Å²) >= 11 is 3.35. The van der Waals surface area contributed by atoms with Crippen LogP contribution >= 0.6 is 15.9 Å². The second-order valence-corrected chi connectivity index (χ2v) is 5.26. The predicted octanol–water partition coefficient (Wildman–Crippen LogP) is 4.77. The van der Waals surface area contributed by atoms with Crippen molar-refractivity contribution >= 4 is 21.6 Å². The number of nitrogens with one attached hydrogen (secondary N) is 1. The van der Waals surface area contributed by atoms with E-state index in [-0.39, 0.29) is 17.3 Å². The number of hydrogen-bond acceptors (Lipinski definition) is 2. The van der Waals surface area contributed by atoms with Gasteiger partial charge in [-0.05, 0) is 36.8 Å². The van der Waals surface area contributed by atoms with Gasteiger partial charge in [0.25, 0.3) is 0 Å². The van der Waals surface area contributed by atoms with Crippen LogP contribution < -0.4 is 5.32 Å². The topological polar surface area (TPSA) is 35.8 Å². The zero-order valence-corrected chi connectivity index (χ0v) is 12.2. The lowest BCUT2D eigenvalue weighted by Crippen LogP contribution is -2.10. The molecule has 2 aromatic rings. The number of hydrogen-bond donors (Lipinski definition) is 1. The quantitative estimate of drug-likeness (QED) is 0.876. The maximum absolute atomic E-state index is 13.8. The molecular formula is C15H11BrF2N2. The van der Waals surface area contributed by atoms with Gasteiger partial charge in [-0.1, -0.05) is 28.1 Å². The molecule has 5 heteroatoms. The Kier molecular flexibility index (Phi) is 4.35. The number of anilines is 1. The van der Waals surface area contributed by atoms with E-state index in [4.69, 9.17) is 5.26 Å².